The molecule has 0 spiro atoms. The van der Waals surface area contributed by atoms with Crippen molar-refractivity contribution in [1.82, 2.24) is 4.98 Å². The number of phenols is 1. The Morgan fingerprint density at radius 1 is 1.09 bits per heavy atom. The third kappa shape index (κ3) is 5.75. The van der Waals surface area contributed by atoms with Gasteiger partial charge >= 0.3 is 5.97 Å². The summed E-state index contributed by atoms with van der Waals surface area (Å²) in [6, 6.07) is 12.6. The molecule has 1 aromatic heterocycles. The lowest BCUT2D eigenvalue weighted by molar-refractivity contribution is 0.0306. The van der Waals surface area contributed by atoms with Gasteiger partial charge in [0, 0.05) is 6.20 Å². The van der Waals surface area contributed by atoms with E-state index >= 15 is 0 Å². The molecule has 1 saturated carbocycles. The van der Waals surface area contributed by atoms with Gasteiger partial charge in [0.15, 0.2) is 0 Å². The summed E-state index contributed by atoms with van der Waals surface area (Å²) in [6.07, 6.45) is 11.0. The number of hydrogen-bond donors (Lipinski definition) is 2. The largest absolute Gasteiger partial charge is 0.507 e. The van der Waals surface area contributed by atoms with E-state index in [-0.39, 0.29) is 17.4 Å². The van der Waals surface area contributed by atoms with Gasteiger partial charge < -0.3 is 14.9 Å². The van der Waals surface area contributed by atoms with Crippen LogP contribution in [0, 0.1) is 5.92 Å². The number of nitrogens with zero attached hydrogens (tertiary/aromatic N) is 1. The smallest absolute Gasteiger partial charge is 0.339 e. The summed E-state index contributed by atoms with van der Waals surface area (Å²) in [5.41, 5.74) is 4.53. The molecule has 1 aliphatic rings. The second kappa shape index (κ2) is 10.7. The molecule has 0 radical (unpaired) electrons. The number of aromatic hydroxyl groups is 1. The van der Waals surface area contributed by atoms with Crippen molar-refractivity contribution in [2.75, 3.05) is 0 Å². The zero-order chi connectivity index (χ0) is 22.3. The summed E-state index contributed by atoms with van der Waals surface area (Å²) >= 11 is 1.66. The molecule has 1 heterocycles. The highest BCUT2D eigenvalue weighted by Gasteiger charge is 2.19. The normalized spacial score (nSPS) is 15.5. The van der Waals surface area contributed by atoms with Gasteiger partial charge in [-0.2, -0.15) is 0 Å². The summed E-state index contributed by atoms with van der Waals surface area (Å²) in [4.78, 5) is 16.5. The molecule has 168 valence electrons. The maximum atomic E-state index is 11.1. The molecule has 32 heavy (non-hydrogen) atoms. The summed E-state index contributed by atoms with van der Waals surface area (Å²) in [5.74, 6) is -0.542. The Bertz CT molecular complexity index is 1010. The minimum absolute atomic E-state index is 0.0737. The molecule has 2 aromatic carbocycles. The number of aromatic carboxylic acids is 1. The Kier molecular flexibility index (Phi) is 7.55. The second-order valence-corrected chi connectivity index (χ2v) is 9.44. The van der Waals surface area contributed by atoms with Crippen LogP contribution in [0.2, 0.25) is 0 Å². The molecule has 0 amide bonds. The van der Waals surface area contributed by atoms with Crippen molar-refractivity contribution in [2.24, 2.45) is 5.92 Å². The van der Waals surface area contributed by atoms with Crippen LogP contribution in [0.1, 0.15) is 71.8 Å². The topological polar surface area (TPSA) is 79.7 Å². The van der Waals surface area contributed by atoms with Crippen molar-refractivity contribution in [3.8, 4) is 16.9 Å². The van der Waals surface area contributed by atoms with E-state index in [0.29, 0.717) is 6.61 Å². The lowest BCUT2D eigenvalue weighted by Gasteiger charge is -2.24. The van der Waals surface area contributed by atoms with Crippen molar-refractivity contribution in [1.29, 1.82) is 0 Å². The Morgan fingerprint density at radius 2 is 1.84 bits per heavy atom. The van der Waals surface area contributed by atoms with Gasteiger partial charge in [-0.1, -0.05) is 62.4 Å². The number of carboxylic acids is 1. The number of thiazole rings is 1. The summed E-state index contributed by atoms with van der Waals surface area (Å²) in [7, 11) is 0. The van der Waals surface area contributed by atoms with Crippen LogP contribution >= 0.6 is 11.3 Å². The number of benzene rings is 2. The van der Waals surface area contributed by atoms with Gasteiger partial charge in [-0.15, -0.1) is 11.3 Å². The molecule has 3 aromatic rings. The van der Waals surface area contributed by atoms with Crippen LogP contribution in [0.5, 0.6) is 5.75 Å². The van der Waals surface area contributed by atoms with Crippen LogP contribution in [0.4, 0.5) is 0 Å². The average molecular weight is 452 g/mol. The molecule has 6 heteroatoms. The van der Waals surface area contributed by atoms with Gasteiger partial charge in [-0.05, 0) is 47.6 Å². The molecule has 0 aliphatic heterocycles. The highest BCUT2D eigenvalue weighted by atomic mass is 32.1. The Hall–Kier alpha value is -2.70. The lowest BCUT2D eigenvalue weighted by Crippen LogP contribution is -2.10. The number of hydrogen-bond acceptors (Lipinski definition) is 5. The molecular weight excluding hydrogens is 422 g/mol. The first-order chi connectivity index (χ1) is 15.6. The maximum absolute atomic E-state index is 11.1. The Balaban J connectivity index is 1.38. The highest BCUT2D eigenvalue weighted by molar-refractivity contribution is 7.09. The highest BCUT2D eigenvalue weighted by Crippen LogP contribution is 2.34. The molecule has 1 fully saturated rings. The van der Waals surface area contributed by atoms with E-state index in [1.54, 1.807) is 17.4 Å². The number of carbonyl (C=O) groups is 1. The van der Waals surface area contributed by atoms with Crippen molar-refractivity contribution in [3.63, 3.8) is 0 Å². The zero-order valence-electron chi connectivity index (χ0n) is 18.1. The van der Waals surface area contributed by atoms with Gasteiger partial charge in [-0.25, -0.2) is 4.79 Å². The van der Waals surface area contributed by atoms with Gasteiger partial charge in [0.05, 0.1) is 23.1 Å². The minimum atomic E-state index is -1.14. The molecule has 2 N–H and O–H groups in total. The molecule has 1 aliphatic carbocycles. The number of ether oxygens (including phenoxy) is 1. The lowest BCUT2D eigenvalue weighted by atomic mass is 9.85. The minimum Gasteiger partial charge on any atom is -0.507 e. The van der Waals surface area contributed by atoms with Crippen molar-refractivity contribution >= 4 is 17.3 Å². The van der Waals surface area contributed by atoms with Crippen molar-refractivity contribution in [3.05, 3.63) is 70.2 Å². The van der Waals surface area contributed by atoms with Crippen LogP contribution < -0.4 is 0 Å². The SMILES string of the molecule is O=C(O)c1ccc(-c2ccc(COC(CCC3CCCCC3)c3cncs3)cc2)cc1O. The summed E-state index contributed by atoms with van der Waals surface area (Å²) < 4.78 is 6.34. The first-order valence-corrected chi connectivity index (χ1v) is 12.1. The van der Waals surface area contributed by atoms with E-state index < -0.39 is 5.97 Å². The second-order valence-electron chi connectivity index (χ2n) is 8.52. The summed E-state index contributed by atoms with van der Waals surface area (Å²) in [5, 5.41) is 19.0. The Labute approximate surface area is 192 Å². The molecule has 0 bridgehead atoms. The van der Waals surface area contributed by atoms with E-state index in [0.717, 1.165) is 29.0 Å². The fourth-order valence-corrected chi connectivity index (χ4v) is 5.14. The van der Waals surface area contributed by atoms with Gasteiger partial charge in [0.1, 0.15) is 11.3 Å². The standard InChI is InChI=1S/C26H29NO4S/c28-23-14-21(11-12-22(23)26(29)30)20-9-6-19(7-10-20)16-31-24(25-15-27-17-32-25)13-8-18-4-2-1-3-5-18/h6-7,9-12,14-15,17-18,24,28H,1-5,8,13,16H2,(H,29,30). The molecule has 1 unspecified atom stereocenters. The zero-order valence-corrected chi connectivity index (χ0v) is 18.9. The quantitative estimate of drug-likeness (QED) is 0.373. The number of carboxylic acid groups (broad SMARTS) is 1. The van der Waals surface area contributed by atoms with Crippen LogP contribution in [-0.2, 0) is 11.3 Å². The first kappa shape index (κ1) is 22.5. The van der Waals surface area contributed by atoms with Crippen molar-refractivity contribution in [2.45, 2.75) is 57.7 Å². The third-order valence-electron chi connectivity index (χ3n) is 6.30. The molecule has 5 nitrogen and oxygen atoms in total. The van der Waals surface area contributed by atoms with E-state index in [9.17, 15) is 9.90 Å². The fourth-order valence-electron chi connectivity index (χ4n) is 4.44. The molecular formula is C26H29NO4S. The number of rotatable bonds is 9. The molecule has 4 rings (SSSR count). The third-order valence-corrected chi connectivity index (χ3v) is 7.16. The predicted molar refractivity (Wildman–Crippen MR) is 126 cm³/mol. The van der Waals surface area contributed by atoms with Gasteiger partial charge in [-0.3, -0.25) is 4.98 Å². The van der Waals surface area contributed by atoms with Gasteiger partial charge in [0.25, 0.3) is 0 Å². The predicted octanol–water partition coefficient (Wildman–Crippen LogP) is 6.83. The fraction of sp³-hybridized carbons (Fsp3) is 0.385. The Morgan fingerprint density at radius 3 is 2.50 bits per heavy atom. The van der Waals surface area contributed by atoms with Crippen LogP contribution in [0.25, 0.3) is 11.1 Å². The van der Waals surface area contributed by atoms with Crippen LogP contribution in [0.15, 0.2) is 54.2 Å². The van der Waals surface area contributed by atoms with E-state index in [2.05, 4.69) is 4.98 Å². The van der Waals surface area contributed by atoms with E-state index in [1.807, 2.05) is 36.0 Å². The average Bonchev–Trinajstić information content (AvgIpc) is 3.35. The van der Waals surface area contributed by atoms with Crippen LogP contribution in [-0.4, -0.2) is 21.2 Å². The monoisotopic (exact) mass is 451 g/mol. The first-order valence-electron chi connectivity index (χ1n) is 11.3. The maximum Gasteiger partial charge on any atom is 0.339 e. The van der Waals surface area contributed by atoms with E-state index in [1.165, 1.54) is 55.5 Å². The summed E-state index contributed by atoms with van der Waals surface area (Å²) in [6.45, 7) is 0.525. The van der Waals surface area contributed by atoms with Crippen molar-refractivity contribution < 1.29 is 19.7 Å². The number of aromatic nitrogens is 1. The van der Waals surface area contributed by atoms with Crippen LogP contribution in [0.3, 0.4) is 0 Å². The molecule has 1 atom stereocenters. The van der Waals surface area contributed by atoms with Gasteiger partial charge in [0.2, 0.25) is 0 Å². The van der Waals surface area contributed by atoms with E-state index in [4.69, 9.17) is 9.84 Å². The molecule has 0 saturated heterocycles.